The lowest BCUT2D eigenvalue weighted by Crippen LogP contribution is -2.39. The first-order valence-corrected chi connectivity index (χ1v) is 8.60. The summed E-state index contributed by atoms with van der Waals surface area (Å²) in [6, 6.07) is 5.99. The fraction of sp³-hybridized carbons (Fsp3) is 0.611. The first kappa shape index (κ1) is 21.1. The highest BCUT2D eigenvalue weighted by Crippen LogP contribution is 2.25. The van der Waals surface area contributed by atoms with E-state index in [0.29, 0.717) is 0 Å². The van der Waals surface area contributed by atoms with Gasteiger partial charge in [-0.25, -0.2) is 0 Å². The summed E-state index contributed by atoms with van der Waals surface area (Å²) in [5, 5.41) is 6.48. The molecule has 4 nitrogen and oxygen atoms in total. The monoisotopic (exact) mass is 373 g/mol. The molecule has 136 valence electrons. The third kappa shape index (κ3) is 5.27. The summed E-state index contributed by atoms with van der Waals surface area (Å²) >= 11 is 0. The molecule has 24 heavy (non-hydrogen) atoms. The molecule has 0 unspecified atom stereocenters. The molecule has 1 fully saturated rings. The maximum Gasteiger partial charge on any atom is 0.251 e. The van der Waals surface area contributed by atoms with E-state index in [1.165, 1.54) is 31.5 Å². The van der Waals surface area contributed by atoms with Gasteiger partial charge < -0.3 is 15.5 Å². The normalized spacial score (nSPS) is 17.7. The number of anilines is 1. The predicted octanol–water partition coefficient (Wildman–Crippen LogP) is 3.35. The van der Waals surface area contributed by atoms with Crippen molar-refractivity contribution in [2.75, 3.05) is 38.0 Å². The fourth-order valence-corrected chi connectivity index (χ4v) is 3.43. The van der Waals surface area contributed by atoms with Crippen LogP contribution in [-0.2, 0) is 6.42 Å². The third-order valence-corrected chi connectivity index (χ3v) is 4.93. The second-order valence-electron chi connectivity index (χ2n) is 6.64. The first-order valence-electron chi connectivity index (χ1n) is 8.60. The lowest BCUT2D eigenvalue weighted by molar-refractivity contribution is 0.0943. The summed E-state index contributed by atoms with van der Waals surface area (Å²) in [7, 11) is 0. The van der Waals surface area contributed by atoms with Crippen LogP contribution in [0.5, 0.6) is 0 Å². The van der Waals surface area contributed by atoms with Gasteiger partial charge in [-0.2, -0.15) is 0 Å². The number of nitrogens with zero attached hydrogens (tertiary/aromatic N) is 1. The number of hydrogen-bond acceptors (Lipinski definition) is 3. The molecule has 0 bridgehead atoms. The van der Waals surface area contributed by atoms with E-state index in [9.17, 15) is 4.79 Å². The number of fused-ring (bicyclic) bond motifs is 1. The van der Waals surface area contributed by atoms with Crippen molar-refractivity contribution in [2.24, 2.45) is 5.92 Å². The molecule has 2 aliphatic rings. The molecule has 1 amide bonds. The van der Waals surface area contributed by atoms with Gasteiger partial charge in [0.15, 0.2) is 0 Å². The van der Waals surface area contributed by atoms with Gasteiger partial charge in [0.25, 0.3) is 5.91 Å². The van der Waals surface area contributed by atoms with Crippen molar-refractivity contribution in [3.05, 3.63) is 29.3 Å². The number of carbonyl (C=O) groups is 1. The van der Waals surface area contributed by atoms with Gasteiger partial charge in [0.2, 0.25) is 0 Å². The summed E-state index contributed by atoms with van der Waals surface area (Å²) in [5.41, 5.74) is 3.15. The highest BCUT2D eigenvalue weighted by atomic mass is 35.5. The summed E-state index contributed by atoms with van der Waals surface area (Å²) in [4.78, 5) is 14.9. The number of hydrogen-bond donors (Lipinski definition) is 2. The second kappa shape index (κ2) is 10.1. The van der Waals surface area contributed by atoms with Gasteiger partial charge in [-0.1, -0.05) is 13.0 Å². The number of likely N-dealkylation sites (tertiary alicyclic amines) is 1. The van der Waals surface area contributed by atoms with Crippen molar-refractivity contribution in [2.45, 2.75) is 32.6 Å². The molecule has 6 heteroatoms. The topological polar surface area (TPSA) is 44.4 Å². The van der Waals surface area contributed by atoms with Gasteiger partial charge in [0.05, 0.1) is 0 Å². The average molecular weight is 374 g/mol. The maximum atomic E-state index is 12.5. The summed E-state index contributed by atoms with van der Waals surface area (Å²) < 4.78 is 0. The molecular formula is C18H29Cl2N3O. The van der Waals surface area contributed by atoms with Crippen LogP contribution in [0, 0.1) is 5.92 Å². The molecule has 0 spiro atoms. The number of halogens is 2. The standard InChI is InChI=1S/C18H27N3O.2ClH/c1-14-7-11-21(12-8-14)13-10-20-18(22)16-4-2-6-17-15(16)5-3-9-19-17;;/h2,4,6,14,19H,3,5,7-13H2,1H3,(H,20,22);2*1H. The third-order valence-electron chi connectivity index (χ3n) is 4.93. The van der Waals surface area contributed by atoms with Crippen LogP contribution >= 0.6 is 24.8 Å². The molecule has 0 atom stereocenters. The molecule has 2 N–H and O–H groups in total. The van der Waals surface area contributed by atoms with E-state index in [0.717, 1.165) is 49.6 Å². The number of benzene rings is 1. The Morgan fingerprint density at radius 1 is 1.29 bits per heavy atom. The number of rotatable bonds is 4. The Labute approximate surface area is 157 Å². The zero-order valence-electron chi connectivity index (χ0n) is 14.3. The van der Waals surface area contributed by atoms with Crippen LogP contribution in [0.2, 0.25) is 0 Å². The number of carbonyl (C=O) groups excluding carboxylic acids is 1. The van der Waals surface area contributed by atoms with Crippen LogP contribution in [0.1, 0.15) is 42.1 Å². The Morgan fingerprint density at radius 3 is 2.79 bits per heavy atom. The predicted molar refractivity (Wildman–Crippen MR) is 105 cm³/mol. The molecule has 1 aromatic carbocycles. The van der Waals surface area contributed by atoms with Crippen molar-refractivity contribution in [3.8, 4) is 0 Å². The van der Waals surface area contributed by atoms with Crippen molar-refractivity contribution in [1.82, 2.24) is 10.2 Å². The van der Waals surface area contributed by atoms with E-state index in [1.54, 1.807) is 0 Å². The van der Waals surface area contributed by atoms with Crippen LogP contribution < -0.4 is 10.6 Å². The average Bonchev–Trinajstić information content (AvgIpc) is 2.56. The van der Waals surface area contributed by atoms with Gasteiger partial charge in [-0.15, -0.1) is 24.8 Å². The van der Waals surface area contributed by atoms with Crippen molar-refractivity contribution in [3.63, 3.8) is 0 Å². The Hall–Kier alpha value is -0.970. The van der Waals surface area contributed by atoms with Crippen molar-refractivity contribution >= 4 is 36.4 Å². The number of nitrogens with one attached hydrogen (secondary N) is 2. The molecule has 3 rings (SSSR count). The Bertz CT molecular complexity index is 531. The van der Waals surface area contributed by atoms with E-state index in [-0.39, 0.29) is 30.7 Å². The number of amides is 1. The highest BCUT2D eigenvalue weighted by Gasteiger charge is 2.18. The zero-order valence-corrected chi connectivity index (χ0v) is 16.0. The van der Waals surface area contributed by atoms with Crippen LogP contribution in [0.25, 0.3) is 0 Å². The minimum absolute atomic E-state index is 0. The summed E-state index contributed by atoms with van der Waals surface area (Å²) in [5.74, 6) is 0.931. The van der Waals surface area contributed by atoms with Gasteiger partial charge in [-0.05, 0) is 62.4 Å². The zero-order chi connectivity index (χ0) is 15.4. The van der Waals surface area contributed by atoms with E-state index in [4.69, 9.17) is 0 Å². The number of piperidine rings is 1. The smallest absolute Gasteiger partial charge is 0.251 e. The molecule has 0 aromatic heterocycles. The maximum absolute atomic E-state index is 12.5. The largest absolute Gasteiger partial charge is 0.385 e. The van der Waals surface area contributed by atoms with Gasteiger partial charge in [0.1, 0.15) is 0 Å². The Balaban J connectivity index is 0.00000144. The molecular weight excluding hydrogens is 345 g/mol. The summed E-state index contributed by atoms with van der Waals surface area (Å²) in [6.45, 7) is 7.37. The van der Waals surface area contributed by atoms with E-state index < -0.39 is 0 Å². The van der Waals surface area contributed by atoms with E-state index >= 15 is 0 Å². The fourth-order valence-electron chi connectivity index (χ4n) is 3.43. The Morgan fingerprint density at radius 2 is 2.04 bits per heavy atom. The van der Waals surface area contributed by atoms with Gasteiger partial charge >= 0.3 is 0 Å². The SMILES string of the molecule is CC1CCN(CCNC(=O)c2cccc3c2CCCN3)CC1.Cl.Cl. The molecule has 0 aliphatic carbocycles. The van der Waals surface area contributed by atoms with Crippen molar-refractivity contribution < 1.29 is 4.79 Å². The minimum atomic E-state index is 0. The van der Waals surface area contributed by atoms with E-state index in [2.05, 4.69) is 28.5 Å². The molecule has 0 saturated carbocycles. The van der Waals surface area contributed by atoms with Crippen LogP contribution in [0.15, 0.2) is 18.2 Å². The van der Waals surface area contributed by atoms with Crippen LogP contribution in [-0.4, -0.2) is 43.5 Å². The molecule has 2 heterocycles. The Kier molecular flexibility index (Phi) is 8.88. The van der Waals surface area contributed by atoms with Gasteiger partial charge in [0, 0.05) is 30.9 Å². The lowest BCUT2D eigenvalue weighted by atomic mass is 9.97. The minimum Gasteiger partial charge on any atom is -0.385 e. The van der Waals surface area contributed by atoms with Gasteiger partial charge in [-0.3, -0.25) is 4.79 Å². The molecule has 1 saturated heterocycles. The molecule has 1 aromatic rings. The lowest BCUT2D eigenvalue weighted by Gasteiger charge is -2.30. The highest BCUT2D eigenvalue weighted by molar-refractivity contribution is 5.97. The van der Waals surface area contributed by atoms with Crippen LogP contribution in [0.3, 0.4) is 0 Å². The van der Waals surface area contributed by atoms with E-state index in [1.807, 2.05) is 12.1 Å². The second-order valence-corrected chi connectivity index (χ2v) is 6.64. The van der Waals surface area contributed by atoms with Crippen LogP contribution in [0.4, 0.5) is 5.69 Å². The first-order chi connectivity index (χ1) is 10.7. The quantitative estimate of drug-likeness (QED) is 0.850. The molecule has 0 radical (unpaired) electrons. The summed E-state index contributed by atoms with van der Waals surface area (Å²) in [6.07, 6.45) is 4.66. The molecule has 2 aliphatic heterocycles. The van der Waals surface area contributed by atoms with Crippen molar-refractivity contribution in [1.29, 1.82) is 0 Å².